The summed E-state index contributed by atoms with van der Waals surface area (Å²) >= 11 is 0. The Morgan fingerprint density at radius 2 is 2.00 bits per heavy atom. The van der Waals surface area contributed by atoms with Crippen LogP contribution in [-0.4, -0.2) is 40.2 Å². The molecule has 1 aromatic carbocycles. The van der Waals surface area contributed by atoms with Gasteiger partial charge in [0.25, 0.3) is 0 Å². The number of nitrogens with zero attached hydrogens (tertiary/aromatic N) is 3. The van der Waals surface area contributed by atoms with Crippen molar-refractivity contribution in [2.75, 3.05) is 19.6 Å². The van der Waals surface area contributed by atoms with Gasteiger partial charge in [0, 0.05) is 38.6 Å². The van der Waals surface area contributed by atoms with Crippen LogP contribution in [0.2, 0.25) is 0 Å². The lowest BCUT2D eigenvalue weighted by molar-refractivity contribution is -0.106. The van der Waals surface area contributed by atoms with Gasteiger partial charge in [0.05, 0.1) is 18.5 Å². The fourth-order valence-corrected chi connectivity index (χ4v) is 2.94. The number of ether oxygens (including phenoxy) is 1. The van der Waals surface area contributed by atoms with E-state index in [0.717, 1.165) is 26.2 Å². The van der Waals surface area contributed by atoms with Gasteiger partial charge in [-0.15, -0.1) is 0 Å². The van der Waals surface area contributed by atoms with Crippen molar-refractivity contribution in [1.82, 2.24) is 14.5 Å². The van der Waals surface area contributed by atoms with Crippen LogP contribution in [0.3, 0.4) is 0 Å². The van der Waals surface area contributed by atoms with Crippen LogP contribution in [0.1, 0.15) is 25.5 Å². The zero-order valence-electron chi connectivity index (χ0n) is 13.4. The minimum atomic E-state index is 0.171. The lowest BCUT2D eigenvalue weighted by atomic mass is 10.0. The quantitative estimate of drug-likeness (QED) is 0.850. The van der Waals surface area contributed by atoms with Gasteiger partial charge >= 0.3 is 0 Å². The molecule has 4 nitrogen and oxygen atoms in total. The first-order valence-corrected chi connectivity index (χ1v) is 8.11. The summed E-state index contributed by atoms with van der Waals surface area (Å²) in [7, 11) is 0. The molecule has 4 heteroatoms. The molecule has 0 radical (unpaired) electrons. The summed E-state index contributed by atoms with van der Waals surface area (Å²) in [6.45, 7) is 8.47. The van der Waals surface area contributed by atoms with Crippen molar-refractivity contribution in [3.8, 4) is 0 Å². The molecular formula is C18H25N3O. The Hall–Kier alpha value is -1.65. The van der Waals surface area contributed by atoms with Crippen molar-refractivity contribution < 1.29 is 4.74 Å². The van der Waals surface area contributed by atoms with Gasteiger partial charge in [-0.3, -0.25) is 4.90 Å². The van der Waals surface area contributed by atoms with E-state index >= 15 is 0 Å². The fourth-order valence-electron chi connectivity index (χ4n) is 2.94. The molecule has 0 bridgehead atoms. The molecule has 1 aromatic heterocycles. The molecule has 0 spiro atoms. The van der Waals surface area contributed by atoms with Crippen LogP contribution in [0.15, 0.2) is 49.1 Å². The van der Waals surface area contributed by atoms with E-state index in [2.05, 4.69) is 58.6 Å². The summed E-state index contributed by atoms with van der Waals surface area (Å²) in [5.41, 5.74) is 1.28. The van der Waals surface area contributed by atoms with Gasteiger partial charge in [-0.25, -0.2) is 4.98 Å². The summed E-state index contributed by atoms with van der Waals surface area (Å²) in [6.07, 6.45) is 6.21. The van der Waals surface area contributed by atoms with Crippen molar-refractivity contribution in [2.45, 2.75) is 32.6 Å². The maximum atomic E-state index is 6.34. The first-order chi connectivity index (χ1) is 10.7. The second kappa shape index (κ2) is 7.07. The summed E-state index contributed by atoms with van der Waals surface area (Å²) < 4.78 is 8.48. The Kier molecular flexibility index (Phi) is 4.90. The third-order valence-corrected chi connectivity index (χ3v) is 4.35. The second-order valence-electron chi connectivity index (χ2n) is 6.38. The highest BCUT2D eigenvalue weighted by Gasteiger charge is 2.30. The Labute approximate surface area is 132 Å². The van der Waals surface area contributed by atoms with Crippen LogP contribution in [-0.2, 0) is 11.3 Å². The standard InChI is InChI=1S/C18H25N3O/c1-15(2)17-12-21(11-10-20-9-8-19-14-20)13-18(22-17)16-6-4-3-5-7-16/h3-9,14-15,17-18H,10-13H2,1-2H3/t17-,18+/m1/s1. The molecule has 2 atom stereocenters. The van der Waals surface area contributed by atoms with E-state index in [-0.39, 0.29) is 6.10 Å². The average molecular weight is 299 g/mol. The van der Waals surface area contributed by atoms with Crippen molar-refractivity contribution in [2.24, 2.45) is 5.92 Å². The van der Waals surface area contributed by atoms with E-state index in [0.29, 0.717) is 12.0 Å². The Bertz CT molecular complexity index is 553. The lowest BCUT2D eigenvalue weighted by Gasteiger charge is -2.40. The molecule has 0 saturated carbocycles. The summed E-state index contributed by atoms with van der Waals surface area (Å²) in [5, 5.41) is 0. The van der Waals surface area contributed by atoms with Crippen LogP contribution in [0.4, 0.5) is 0 Å². The maximum Gasteiger partial charge on any atom is 0.0956 e. The monoisotopic (exact) mass is 299 g/mol. The van der Waals surface area contributed by atoms with Crippen molar-refractivity contribution in [3.05, 3.63) is 54.6 Å². The molecule has 1 aliphatic rings. The number of morpholine rings is 1. The average Bonchev–Trinajstić information content (AvgIpc) is 3.07. The number of aromatic nitrogens is 2. The van der Waals surface area contributed by atoms with Gasteiger partial charge in [0.2, 0.25) is 0 Å². The smallest absolute Gasteiger partial charge is 0.0956 e. The van der Waals surface area contributed by atoms with Gasteiger partial charge in [-0.1, -0.05) is 44.2 Å². The van der Waals surface area contributed by atoms with E-state index in [1.54, 1.807) is 0 Å². The number of hydrogen-bond donors (Lipinski definition) is 0. The molecule has 1 aliphatic heterocycles. The molecule has 0 amide bonds. The van der Waals surface area contributed by atoms with Crippen molar-refractivity contribution >= 4 is 0 Å². The first kappa shape index (κ1) is 15.3. The Balaban J connectivity index is 1.67. The molecule has 0 aliphatic carbocycles. The van der Waals surface area contributed by atoms with Gasteiger partial charge in [-0.2, -0.15) is 0 Å². The highest BCUT2D eigenvalue weighted by molar-refractivity contribution is 5.18. The van der Waals surface area contributed by atoms with Crippen LogP contribution >= 0.6 is 0 Å². The van der Waals surface area contributed by atoms with Gasteiger partial charge in [0.15, 0.2) is 0 Å². The minimum Gasteiger partial charge on any atom is -0.367 e. The predicted molar refractivity (Wildman–Crippen MR) is 87.6 cm³/mol. The van der Waals surface area contributed by atoms with Crippen LogP contribution < -0.4 is 0 Å². The highest BCUT2D eigenvalue weighted by Crippen LogP contribution is 2.27. The van der Waals surface area contributed by atoms with Crippen molar-refractivity contribution in [1.29, 1.82) is 0 Å². The molecule has 1 fully saturated rings. The molecule has 0 unspecified atom stereocenters. The number of imidazole rings is 1. The Morgan fingerprint density at radius 3 is 2.68 bits per heavy atom. The fraction of sp³-hybridized carbons (Fsp3) is 0.500. The molecular weight excluding hydrogens is 274 g/mol. The van der Waals surface area contributed by atoms with Gasteiger partial charge in [0.1, 0.15) is 0 Å². The van der Waals surface area contributed by atoms with Crippen LogP contribution in [0.5, 0.6) is 0 Å². The van der Waals surface area contributed by atoms with Crippen LogP contribution in [0, 0.1) is 5.92 Å². The number of hydrogen-bond acceptors (Lipinski definition) is 3. The minimum absolute atomic E-state index is 0.171. The van der Waals surface area contributed by atoms with E-state index in [9.17, 15) is 0 Å². The molecule has 2 heterocycles. The second-order valence-corrected chi connectivity index (χ2v) is 6.38. The number of rotatable bonds is 5. The zero-order valence-corrected chi connectivity index (χ0v) is 13.4. The van der Waals surface area contributed by atoms with E-state index < -0.39 is 0 Å². The third-order valence-electron chi connectivity index (χ3n) is 4.35. The van der Waals surface area contributed by atoms with Crippen LogP contribution in [0.25, 0.3) is 0 Å². The zero-order chi connectivity index (χ0) is 15.4. The summed E-state index contributed by atoms with van der Waals surface area (Å²) in [6, 6.07) is 10.6. The molecule has 22 heavy (non-hydrogen) atoms. The largest absolute Gasteiger partial charge is 0.367 e. The van der Waals surface area contributed by atoms with Gasteiger partial charge in [-0.05, 0) is 11.5 Å². The van der Waals surface area contributed by atoms with E-state index in [1.165, 1.54) is 5.56 Å². The molecule has 118 valence electrons. The van der Waals surface area contributed by atoms with Crippen molar-refractivity contribution in [3.63, 3.8) is 0 Å². The molecule has 3 rings (SSSR count). The lowest BCUT2D eigenvalue weighted by Crippen LogP contribution is -2.47. The maximum absolute atomic E-state index is 6.34. The molecule has 2 aromatic rings. The third kappa shape index (κ3) is 3.76. The van der Waals surface area contributed by atoms with E-state index in [4.69, 9.17) is 4.74 Å². The van der Waals surface area contributed by atoms with Gasteiger partial charge < -0.3 is 9.30 Å². The normalized spacial score (nSPS) is 23.0. The SMILES string of the molecule is CC(C)[C@H]1CN(CCn2ccnc2)C[C@@H](c2ccccc2)O1. The first-order valence-electron chi connectivity index (χ1n) is 8.11. The highest BCUT2D eigenvalue weighted by atomic mass is 16.5. The summed E-state index contributed by atoms with van der Waals surface area (Å²) in [4.78, 5) is 6.63. The van der Waals surface area contributed by atoms with E-state index in [1.807, 2.05) is 18.7 Å². The predicted octanol–water partition coefficient (Wildman–Crippen LogP) is 2.98. The molecule has 0 N–H and O–H groups in total. The number of benzene rings is 1. The summed E-state index contributed by atoms with van der Waals surface area (Å²) in [5.74, 6) is 0.530. The Morgan fingerprint density at radius 1 is 1.18 bits per heavy atom. The topological polar surface area (TPSA) is 30.3 Å². The molecule has 1 saturated heterocycles.